The summed E-state index contributed by atoms with van der Waals surface area (Å²) in [4.78, 5) is 32.4. The zero-order valence-corrected chi connectivity index (χ0v) is 19.4. The predicted molar refractivity (Wildman–Crippen MR) is 120 cm³/mol. The highest BCUT2D eigenvalue weighted by molar-refractivity contribution is 7.90. The molecular weight excluding hydrogens is 468 g/mol. The largest absolute Gasteiger partial charge is 0.503 e. The number of aromatic nitrogens is 1. The number of thiazole rings is 1. The Morgan fingerprint density at radius 2 is 2.06 bits per heavy atom. The van der Waals surface area contributed by atoms with Crippen molar-refractivity contribution in [1.29, 1.82) is 0 Å². The average molecular weight is 489 g/mol. The van der Waals surface area contributed by atoms with E-state index in [9.17, 15) is 23.1 Å². The van der Waals surface area contributed by atoms with Gasteiger partial charge in [-0.1, -0.05) is 11.3 Å². The second kappa shape index (κ2) is 7.79. The van der Waals surface area contributed by atoms with Crippen molar-refractivity contribution in [3.8, 4) is 0 Å². The molecule has 0 saturated carbocycles. The number of hydrogen-bond donors (Lipinski definition) is 1. The zero-order valence-electron chi connectivity index (χ0n) is 17.8. The summed E-state index contributed by atoms with van der Waals surface area (Å²) >= 11 is 1.12. The van der Waals surface area contributed by atoms with Crippen LogP contribution < -0.4 is 4.90 Å². The Morgan fingerprint density at radius 3 is 2.70 bits per heavy atom. The number of benzene rings is 1. The van der Waals surface area contributed by atoms with Gasteiger partial charge in [-0.25, -0.2) is 13.4 Å². The van der Waals surface area contributed by atoms with Gasteiger partial charge in [0.05, 0.1) is 33.3 Å². The van der Waals surface area contributed by atoms with Crippen molar-refractivity contribution in [3.63, 3.8) is 0 Å². The summed E-state index contributed by atoms with van der Waals surface area (Å²) in [5.74, 6) is -1.59. The number of aryl methyl sites for hydroxylation is 1. The molecule has 0 spiro atoms. The second-order valence-electron chi connectivity index (χ2n) is 8.14. The third kappa shape index (κ3) is 3.65. The number of Topliss-reactive ketones (excluding diaryl/α,β-unsaturated/α-hetero) is 1. The molecule has 172 valence electrons. The lowest BCUT2D eigenvalue weighted by Gasteiger charge is -2.28. The van der Waals surface area contributed by atoms with E-state index in [-0.39, 0.29) is 27.3 Å². The molecule has 2 aliphatic rings. The Bertz CT molecular complexity index is 1430. The maximum Gasteiger partial charge on any atom is 0.296 e. The monoisotopic (exact) mass is 488 g/mol. The Balaban J connectivity index is 1.61. The van der Waals surface area contributed by atoms with Crippen molar-refractivity contribution in [3.05, 3.63) is 53.2 Å². The van der Waals surface area contributed by atoms with Crippen LogP contribution in [0.4, 0.5) is 5.13 Å². The number of sulfone groups is 1. The van der Waals surface area contributed by atoms with Crippen LogP contribution in [0.15, 0.2) is 51.0 Å². The van der Waals surface area contributed by atoms with Crippen LogP contribution in [0.3, 0.4) is 0 Å². The molecule has 4 heterocycles. The number of carbonyl (C=O) groups is 2. The number of rotatable bonds is 5. The van der Waals surface area contributed by atoms with Crippen molar-refractivity contribution in [2.24, 2.45) is 5.92 Å². The fourth-order valence-corrected chi connectivity index (χ4v) is 6.00. The van der Waals surface area contributed by atoms with Crippen molar-refractivity contribution < 1.29 is 32.3 Å². The number of ketones is 1. The first-order valence-corrected chi connectivity index (χ1v) is 12.9. The normalized spacial score (nSPS) is 21.5. The molecule has 0 radical (unpaired) electrons. The van der Waals surface area contributed by atoms with E-state index in [0.717, 1.165) is 17.6 Å². The van der Waals surface area contributed by atoms with Gasteiger partial charge < -0.3 is 14.3 Å². The minimum atomic E-state index is -3.42. The van der Waals surface area contributed by atoms with E-state index in [1.807, 2.05) is 0 Å². The lowest BCUT2D eigenvalue weighted by atomic mass is 9.90. The van der Waals surface area contributed by atoms with Gasteiger partial charge in [0.25, 0.3) is 5.91 Å². The highest BCUT2D eigenvalue weighted by atomic mass is 32.2. The van der Waals surface area contributed by atoms with Gasteiger partial charge in [0.2, 0.25) is 5.78 Å². The molecule has 1 N–H and O–H groups in total. The van der Waals surface area contributed by atoms with Gasteiger partial charge in [0, 0.05) is 18.8 Å². The Morgan fingerprint density at radius 1 is 1.27 bits per heavy atom. The summed E-state index contributed by atoms with van der Waals surface area (Å²) in [5.41, 5.74) is 0.471. The molecule has 0 bridgehead atoms. The first-order chi connectivity index (χ1) is 15.6. The summed E-state index contributed by atoms with van der Waals surface area (Å²) < 4.78 is 35.4. The first kappa shape index (κ1) is 21.8. The number of ether oxygens (including phenoxy) is 1. The van der Waals surface area contributed by atoms with Crippen LogP contribution >= 0.6 is 11.3 Å². The van der Waals surface area contributed by atoms with Crippen molar-refractivity contribution in [2.45, 2.75) is 24.3 Å². The highest BCUT2D eigenvalue weighted by Gasteiger charge is 2.49. The fourth-order valence-electron chi connectivity index (χ4n) is 4.24. The number of carbonyl (C=O) groups excluding carboxylic acids is 2. The number of anilines is 1. The van der Waals surface area contributed by atoms with Crippen molar-refractivity contribution >= 4 is 48.2 Å². The SMILES string of the molecule is Cc1ccc(C(=O)C2=C(O)C(=O)N(c3nc4ccc(S(C)(=O)=O)cc4s3)C2C2CCOC2)o1. The van der Waals surface area contributed by atoms with Crippen LogP contribution in [0.5, 0.6) is 0 Å². The Labute approximate surface area is 193 Å². The summed E-state index contributed by atoms with van der Waals surface area (Å²) in [6.45, 7) is 2.49. The number of fused-ring (bicyclic) bond motifs is 1. The number of aliphatic hydroxyl groups excluding tert-OH is 1. The summed E-state index contributed by atoms with van der Waals surface area (Å²) in [5, 5.41) is 11.0. The number of hydrogen-bond acceptors (Lipinski definition) is 9. The smallest absolute Gasteiger partial charge is 0.296 e. The van der Waals surface area contributed by atoms with Crippen LogP contribution in [0.2, 0.25) is 0 Å². The molecule has 9 nitrogen and oxygen atoms in total. The molecule has 1 aromatic carbocycles. The zero-order chi connectivity index (χ0) is 23.5. The number of nitrogens with zero attached hydrogens (tertiary/aromatic N) is 2. The van der Waals surface area contributed by atoms with E-state index in [2.05, 4.69) is 4.98 Å². The van der Waals surface area contributed by atoms with Crippen LogP contribution in [0, 0.1) is 12.8 Å². The van der Waals surface area contributed by atoms with Crippen LogP contribution in [0.25, 0.3) is 10.2 Å². The van der Waals surface area contributed by atoms with Crippen molar-refractivity contribution in [1.82, 2.24) is 4.98 Å². The molecule has 3 aromatic rings. The summed E-state index contributed by atoms with van der Waals surface area (Å²) in [6.07, 6.45) is 1.71. The van der Waals surface area contributed by atoms with E-state index < -0.39 is 33.3 Å². The van der Waals surface area contributed by atoms with Gasteiger partial charge >= 0.3 is 0 Å². The summed E-state index contributed by atoms with van der Waals surface area (Å²) in [7, 11) is -3.42. The van der Waals surface area contributed by atoms with E-state index in [1.54, 1.807) is 19.1 Å². The second-order valence-corrected chi connectivity index (χ2v) is 11.2. The van der Waals surface area contributed by atoms with Crippen LogP contribution in [-0.4, -0.2) is 55.7 Å². The molecule has 2 aliphatic heterocycles. The molecule has 1 amide bonds. The topological polar surface area (TPSA) is 127 Å². The minimum Gasteiger partial charge on any atom is -0.503 e. The quantitative estimate of drug-likeness (QED) is 0.543. The molecule has 0 aliphatic carbocycles. The molecule has 5 rings (SSSR count). The fraction of sp³-hybridized carbons (Fsp3) is 0.318. The number of furan rings is 1. The lowest BCUT2D eigenvalue weighted by molar-refractivity contribution is -0.117. The van der Waals surface area contributed by atoms with E-state index in [4.69, 9.17) is 9.15 Å². The Kier molecular flexibility index (Phi) is 5.15. The van der Waals surface area contributed by atoms with Crippen LogP contribution in [-0.2, 0) is 19.4 Å². The average Bonchev–Trinajstić information content (AvgIpc) is 3.53. The van der Waals surface area contributed by atoms with Gasteiger partial charge in [-0.05, 0) is 43.7 Å². The molecule has 1 saturated heterocycles. The molecule has 1 fully saturated rings. The standard InChI is InChI=1S/C22H20N2O7S2/c1-11-3-6-15(31-11)19(25)17-18(12-7-8-30-10-12)24(21(27)20(17)26)22-23-14-5-4-13(33(2,28)29)9-16(14)32-22/h3-6,9,12,18,26H,7-8,10H2,1-2H3. The van der Waals surface area contributed by atoms with E-state index in [0.29, 0.717) is 35.6 Å². The maximum absolute atomic E-state index is 13.3. The molecular formula is C22H20N2O7S2. The maximum atomic E-state index is 13.3. The molecule has 2 aromatic heterocycles. The third-order valence-electron chi connectivity index (χ3n) is 5.85. The first-order valence-electron chi connectivity index (χ1n) is 10.2. The number of amides is 1. The van der Waals surface area contributed by atoms with Gasteiger partial charge in [0.15, 0.2) is 26.5 Å². The van der Waals surface area contributed by atoms with Crippen LogP contribution in [0.1, 0.15) is 22.7 Å². The van der Waals surface area contributed by atoms with Gasteiger partial charge in [-0.3, -0.25) is 14.5 Å². The van der Waals surface area contributed by atoms with E-state index >= 15 is 0 Å². The Hall–Kier alpha value is -3.02. The molecule has 33 heavy (non-hydrogen) atoms. The van der Waals surface area contributed by atoms with Gasteiger partial charge in [-0.2, -0.15) is 0 Å². The van der Waals surface area contributed by atoms with Gasteiger partial charge in [0.1, 0.15) is 5.76 Å². The third-order valence-corrected chi connectivity index (χ3v) is 7.98. The molecule has 11 heteroatoms. The van der Waals surface area contributed by atoms with Crippen molar-refractivity contribution in [2.75, 3.05) is 24.4 Å². The van der Waals surface area contributed by atoms with E-state index in [1.165, 1.54) is 23.1 Å². The predicted octanol–water partition coefficient (Wildman–Crippen LogP) is 3.05. The molecule has 2 atom stereocenters. The minimum absolute atomic E-state index is 0.0368. The lowest BCUT2D eigenvalue weighted by Crippen LogP contribution is -2.42. The summed E-state index contributed by atoms with van der Waals surface area (Å²) in [6, 6.07) is 6.90. The van der Waals surface area contributed by atoms with Gasteiger partial charge in [-0.15, -0.1) is 0 Å². The highest BCUT2D eigenvalue weighted by Crippen LogP contribution is 2.41. The number of aliphatic hydroxyl groups is 1. The molecule has 2 unspecified atom stereocenters.